The zero-order chi connectivity index (χ0) is 23.7. The Bertz CT molecular complexity index is 1340. The van der Waals surface area contributed by atoms with Crippen LogP contribution in [0, 0.1) is 6.92 Å². The van der Waals surface area contributed by atoms with Crippen molar-refractivity contribution in [2.24, 2.45) is 5.73 Å². The van der Waals surface area contributed by atoms with Crippen LogP contribution in [0.15, 0.2) is 53.1 Å². The first-order valence-electron chi connectivity index (χ1n) is 9.95. The molecule has 1 amide bonds. The summed E-state index contributed by atoms with van der Waals surface area (Å²) in [5.74, 6) is 1.17. The van der Waals surface area contributed by atoms with E-state index in [0.29, 0.717) is 62.1 Å². The van der Waals surface area contributed by atoms with Gasteiger partial charge in [-0.05, 0) is 48.9 Å². The number of halogens is 2. The van der Waals surface area contributed by atoms with Crippen LogP contribution in [0.2, 0.25) is 10.0 Å². The Hall–Kier alpha value is -3.42. The van der Waals surface area contributed by atoms with Gasteiger partial charge in [0.25, 0.3) is 5.91 Å². The number of nitrogens with zero attached hydrogens (tertiary/aromatic N) is 2. The molecule has 0 aliphatic heterocycles. The number of carbonyl (C=O) groups excluding carboxylic acids is 1. The molecule has 0 aliphatic carbocycles. The molecule has 9 heteroatoms. The molecule has 0 saturated heterocycles. The van der Waals surface area contributed by atoms with E-state index >= 15 is 0 Å². The first kappa shape index (κ1) is 22.8. The molecule has 0 aliphatic rings. The summed E-state index contributed by atoms with van der Waals surface area (Å²) in [5.41, 5.74) is 9.53. The Morgan fingerprint density at radius 2 is 1.82 bits per heavy atom. The normalized spacial score (nSPS) is 10.9. The number of ether oxygens (including phenoxy) is 2. The number of aromatic nitrogens is 2. The predicted molar refractivity (Wildman–Crippen MR) is 127 cm³/mol. The molecule has 2 N–H and O–H groups in total. The highest BCUT2D eigenvalue weighted by molar-refractivity contribution is 6.36. The smallest absolute Gasteiger partial charge is 0.250 e. The van der Waals surface area contributed by atoms with Crippen LogP contribution in [0.3, 0.4) is 0 Å². The van der Waals surface area contributed by atoms with Crippen LogP contribution >= 0.6 is 23.2 Å². The largest absolute Gasteiger partial charge is 0.493 e. The molecule has 2 aromatic heterocycles. The molecule has 0 bridgehead atoms. The SMILES string of the molecule is COc1ccc(Cn2c(-c3cc(-c4ccc(Cl)cc4Cl)no3)cc(C(N)=O)c2C)cc1OC. The number of carbonyl (C=O) groups is 1. The molecule has 7 nitrogen and oxygen atoms in total. The number of nitrogens with two attached hydrogens (primary N) is 1. The summed E-state index contributed by atoms with van der Waals surface area (Å²) in [6.07, 6.45) is 0. The number of hydrogen-bond donors (Lipinski definition) is 1. The monoisotopic (exact) mass is 485 g/mol. The summed E-state index contributed by atoms with van der Waals surface area (Å²) in [4.78, 5) is 12.1. The Labute approximate surface area is 200 Å². The molecular weight excluding hydrogens is 465 g/mol. The summed E-state index contributed by atoms with van der Waals surface area (Å²) < 4.78 is 18.3. The van der Waals surface area contributed by atoms with Crippen LogP contribution in [0.1, 0.15) is 21.6 Å². The Balaban J connectivity index is 1.78. The average molecular weight is 486 g/mol. The molecule has 0 radical (unpaired) electrons. The number of primary amides is 1. The minimum atomic E-state index is -0.528. The number of rotatable bonds is 7. The number of benzene rings is 2. The van der Waals surface area contributed by atoms with Crippen LogP contribution in [0.5, 0.6) is 11.5 Å². The van der Waals surface area contributed by atoms with E-state index in [2.05, 4.69) is 5.16 Å². The Morgan fingerprint density at radius 3 is 2.48 bits per heavy atom. The van der Waals surface area contributed by atoms with Crippen molar-refractivity contribution in [3.8, 4) is 34.2 Å². The van der Waals surface area contributed by atoms with E-state index in [4.69, 9.17) is 42.9 Å². The zero-order valence-electron chi connectivity index (χ0n) is 18.2. The molecule has 0 fully saturated rings. The molecule has 2 aromatic carbocycles. The van der Waals surface area contributed by atoms with Gasteiger partial charge < -0.3 is 24.3 Å². The third-order valence-electron chi connectivity index (χ3n) is 5.39. The second kappa shape index (κ2) is 9.21. The highest BCUT2D eigenvalue weighted by Gasteiger charge is 2.21. The van der Waals surface area contributed by atoms with Gasteiger partial charge in [0.15, 0.2) is 17.3 Å². The first-order valence-corrected chi connectivity index (χ1v) is 10.7. The van der Waals surface area contributed by atoms with Crippen molar-refractivity contribution in [2.45, 2.75) is 13.5 Å². The molecule has 0 spiro atoms. The molecule has 4 rings (SSSR count). The van der Waals surface area contributed by atoms with Gasteiger partial charge in [0.2, 0.25) is 0 Å². The van der Waals surface area contributed by atoms with Crippen molar-refractivity contribution in [3.05, 3.63) is 75.4 Å². The van der Waals surface area contributed by atoms with Crippen molar-refractivity contribution < 1.29 is 18.8 Å². The molecule has 4 aromatic rings. The maximum absolute atomic E-state index is 12.1. The van der Waals surface area contributed by atoms with Gasteiger partial charge >= 0.3 is 0 Å². The van der Waals surface area contributed by atoms with Gasteiger partial charge in [-0.25, -0.2) is 0 Å². The predicted octanol–water partition coefficient (Wildman–Crippen LogP) is 5.59. The van der Waals surface area contributed by atoms with Crippen LogP contribution in [0.25, 0.3) is 22.7 Å². The average Bonchev–Trinajstić information content (AvgIpc) is 3.39. The van der Waals surface area contributed by atoms with E-state index in [1.807, 2.05) is 29.7 Å². The lowest BCUT2D eigenvalue weighted by molar-refractivity contribution is 0.0999. The molecule has 170 valence electrons. The maximum Gasteiger partial charge on any atom is 0.250 e. The van der Waals surface area contributed by atoms with Crippen molar-refractivity contribution in [1.82, 2.24) is 9.72 Å². The van der Waals surface area contributed by atoms with Crippen LogP contribution in [-0.2, 0) is 6.54 Å². The first-order chi connectivity index (χ1) is 15.8. The van der Waals surface area contributed by atoms with Gasteiger partial charge in [-0.1, -0.05) is 34.4 Å². The second-order valence-corrected chi connectivity index (χ2v) is 8.21. The summed E-state index contributed by atoms with van der Waals surface area (Å²) >= 11 is 12.3. The van der Waals surface area contributed by atoms with Crippen LogP contribution in [-0.4, -0.2) is 29.9 Å². The topological polar surface area (TPSA) is 92.5 Å². The summed E-state index contributed by atoms with van der Waals surface area (Å²) in [6, 6.07) is 14.2. The standard InChI is InChI=1S/C24H21Cl2N3O4/c1-13-17(24(27)30)10-20(29(13)12-14-4-7-21(31-2)23(8-14)32-3)22-11-19(28-33-22)16-6-5-15(25)9-18(16)26/h4-11H,12H2,1-3H3,(H2,27,30). The van der Waals surface area contributed by atoms with Crippen molar-refractivity contribution in [1.29, 1.82) is 0 Å². The highest BCUT2D eigenvalue weighted by atomic mass is 35.5. The quantitative estimate of drug-likeness (QED) is 0.368. The summed E-state index contributed by atoms with van der Waals surface area (Å²) in [6.45, 7) is 2.27. The maximum atomic E-state index is 12.1. The van der Waals surface area contributed by atoms with Gasteiger partial charge in [0.1, 0.15) is 5.69 Å². The van der Waals surface area contributed by atoms with Gasteiger partial charge in [-0.15, -0.1) is 0 Å². The molecule has 33 heavy (non-hydrogen) atoms. The third-order valence-corrected chi connectivity index (χ3v) is 5.94. The lowest BCUT2D eigenvalue weighted by Crippen LogP contribution is -2.12. The van der Waals surface area contributed by atoms with Crippen molar-refractivity contribution in [3.63, 3.8) is 0 Å². The lowest BCUT2D eigenvalue weighted by Gasteiger charge is -2.13. The Morgan fingerprint density at radius 1 is 1.06 bits per heavy atom. The Kier molecular flexibility index (Phi) is 6.35. The fourth-order valence-electron chi connectivity index (χ4n) is 3.68. The van der Waals surface area contributed by atoms with Crippen molar-refractivity contribution in [2.75, 3.05) is 14.2 Å². The van der Waals surface area contributed by atoms with Crippen LogP contribution < -0.4 is 15.2 Å². The highest BCUT2D eigenvalue weighted by Crippen LogP contribution is 2.35. The fraction of sp³-hybridized carbons (Fsp3) is 0.167. The zero-order valence-corrected chi connectivity index (χ0v) is 19.7. The summed E-state index contributed by atoms with van der Waals surface area (Å²) in [5, 5.41) is 5.15. The third kappa shape index (κ3) is 4.42. The van der Waals surface area contributed by atoms with E-state index < -0.39 is 5.91 Å². The van der Waals surface area contributed by atoms with Crippen LogP contribution in [0.4, 0.5) is 0 Å². The van der Waals surface area contributed by atoms with Crippen molar-refractivity contribution >= 4 is 29.1 Å². The van der Waals surface area contributed by atoms with E-state index in [1.165, 1.54) is 0 Å². The second-order valence-electron chi connectivity index (χ2n) is 7.37. The van der Waals surface area contributed by atoms with E-state index in [9.17, 15) is 4.79 Å². The van der Waals surface area contributed by atoms with Gasteiger partial charge in [0, 0.05) is 28.9 Å². The van der Waals surface area contributed by atoms with Gasteiger partial charge in [-0.3, -0.25) is 4.79 Å². The minimum absolute atomic E-state index is 0.396. The van der Waals surface area contributed by atoms with E-state index in [0.717, 1.165) is 5.56 Å². The van der Waals surface area contributed by atoms with Gasteiger partial charge in [0.05, 0.1) is 30.5 Å². The fourth-order valence-corrected chi connectivity index (χ4v) is 4.19. The molecule has 2 heterocycles. The minimum Gasteiger partial charge on any atom is -0.493 e. The molecular formula is C24H21Cl2N3O4. The number of amides is 1. The molecule has 0 unspecified atom stereocenters. The van der Waals surface area contributed by atoms with E-state index in [1.54, 1.807) is 44.6 Å². The molecule has 0 atom stereocenters. The van der Waals surface area contributed by atoms with Gasteiger partial charge in [-0.2, -0.15) is 0 Å². The van der Waals surface area contributed by atoms with E-state index in [-0.39, 0.29) is 0 Å². The number of hydrogen-bond acceptors (Lipinski definition) is 5. The number of methoxy groups -OCH3 is 2. The summed E-state index contributed by atoms with van der Waals surface area (Å²) in [7, 11) is 3.16. The molecule has 0 saturated carbocycles. The lowest BCUT2D eigenvalue weighted by atomic mass is 10.1.